The summed E-state index contributed by atoms with van der Waals surface area (Å²) >= 11 is 0. The lowest BCUT2D eigenvalue weighted by Gasteiger charge is -2.19. The quantitative estimate of drug-likeness (QED) is 0.834. The summed E-state index contributed by atoms with van der Waals surface area (Å²) in [6.07, 6.45) is 0. The molecule has 0 amide bonds. The van der Waals surface area contributed by atoms with Crippen molar-refractivity contribution in [1.82, 2.24) is 0 Å². The Labute approximate surface area is 94.1 Å². The second-order valence-corrected chi connectivity index (χ2v) is 6.65. The van der Waals surface area contributed by atoms with Crippen LogP contribution in [0.4, 0.5) is 0 Å². The van der Waals surface area contributed by atoms with Crippen LogP contribution in [-0.4, -0.2) is 20.1 Å². The molecule has 0 aliphatic carbocycles. The summed E-state index contributed by atoms with van der Waals surface area (Å²) in [5, 5.41) is 0. The van der Waals surface area contributed by atoms with Crippen LogP contribution in [0, 0.1) is 0 Å². The van der Waals surface area contributed by atoms with Gasteiger partial charge in [0.25, 0.3) is 0 Å². The van der Waals surface area contributed by atoms with Crippen molar-refractivity contribution >= 4 is 9.84 Å². The fourth-order valence-electron chi connectivity index (χ4n) is 1.35. The van der Waals surface area contributed by atoms with Crippen molar-refractivity contribution in [2.45, 2.75) is 23.6 Å². The van der Waals surface area contributed by atoms with E-state index in [4.69, 9.17) is 15.2 Å². The Morgan fingerprint density at radius 1 is 1.25 bits per heavy atom. The third-order valence-electron chi connectivity index (χ3n) is 2.35. The van der Waals surface area contributed by atoms with Crippen LogP contribution in [0.3, 0.4) is 0 Å². The van der Waals surface area contributed by atoms with Crippen LogP contribution in [-0.2, 0) is 9.84 Å². The molecule has 1 aliphatic rings. The third-order valence-corrected chi connectivity index (χ3v) is 4.61. The molecule has 0 spiro atoms. The van der Waals surface area contributed by atoms with E-state index in [1.165, 1.54) is 26.0 Å². The lowest BCUT2D eigenvalue weighted by Crippen LogP contribution is -2.41. The molecule has 16 heavy (non-hydrogen) atoms. The van der Waals surface area contributed by atoms with Crippen molar-refractivity contribution in [2.24, 2.45) is 5.73 Å². The van der Waals surface area contributed by atoms with Crippen molar-refractivity contribution in [1.29, 1.82) is 0 Å². The zero-order valence-corrected chi connectivity index (χ0v) is 9.87. The molecular formula is C10H13NO4S. The second-order valence-electron chi connectivity index (χ2n) is 4.12. The van der Waals surface area contributed by atoms with Gasteiger partial charge >= 0.3 is 0 Å². The van der Waals surface area contributed by atoms with Gasteiger partial charge < -0.3 is 15.2 Å². The zero-order chi connectivity index (χ0) is 12.0. The molecule has 1 heterocycles. The summed E-state index contributed by atoms with van der Waals surface area (Å²) in [4.78, 5) is -1.18. The van der Waals surface area contributed by atoms with Crippen LogP contribution < -0.4 is 15.2 Å². The van der Waals surface area contributed by atoms with E-state index in [0.717, 1.165) is 0 Å². The number of nitrogens with two attached hydrogens (primary N) is 1. The third kappa shape index (κ3) is 1.64. The molecule has 88 valence electrons. The van der Waals surface area contributed by atoms with E-state index in [-0.39, 0.29) is 11.7 Å². The minimum atomic E-state index is -3.56. The summed E-state index contributed by atoms with van der Waals surface area (Å²) in [6.45, 7) is 3.02. The topological polar surface area (TPSA) is 78.6 Å². The van der Waals surface area contributed by atoms with E-state index in [1.807, 2.05) is 0 Å². The molecule has 0 radical (unpaired) electrons. The van der Waals surface area contributed by atoms with Crippen LogP contribution >= 0.6 is 0 Å². The first-order valence-corrected chi connectivity index (χ1v) is 6.24. The number of ether oxygens (including phenoxy) is 2. The van der Waals surface area contributed by atoms with Crippen LogP contribution in [0.5, 0.6) is 11.5 Å². The van der Waals surface area contributed by atoms with Crippen molar-refractivity contribution < 1.29 is 17.9 Å². The summed E-state index contributed by atoms with van der Waals surface area (Å²) < 4.78 is 34.3. The van der Waals surface area contributed by atoms with Crippen molar-refractivity contribution in [2.75, 3.05) is 6.79 Å². The van der Waals surface area contributed by atoms with E-state index < -0.39 is 14.7 Å². The van der Waals surface area contributed by atoms with Gasteiger partial charge in [0.2, 0.25) is 6.79 Å². The Kier molecular flexibility index (Phi) is 2.36. The molecule has 1 aromatic rings. The molecule has 0 bridgehead atoms. The number of rotatable bonds is 2. The van der Waals surface area contributed by atoms with E-state index in [0.29, 0.717) is 11.5 Å². The highest BCUT2D eigenvalue weighted by molar-refractivity contribution is 7.92. The average Bonchev–Trinajstić information content (AvgIpc) is 2.61. The maximum atomic E-state index is 12.0. The fourth-order valence-corrected chi connectivity index (χ4v) is 2.46. The van der Waals surface area contributed by atoms with Gasteiger partial charge in [-0.25, -0.2) is 8.42 Å². The molecule has 0 saturated carbocycles. The highest BCUT2D eigenvalue weighted by Crippen LogP contribution is 2.35. The molecule has 6 heteroatoms. The molecule has 0 atom stereocenters. The summed E-state index contributed by atoms with van der Waals surface area (Å²) in [5.74, 6) is 0.985. The average molecular weight is 243 g/mol. The monoisotopic (exact) mass is 243 g/mol. The van der Waals surface area contributed by atoms with Crippen LogP contribution in [0.1, 0.15) is 13.8 Å². The first-order valence-electron chi connectivity index (χ1n) is 4.75. The first kappa shape index (κ1) is 11.2. The van der Waals surface area contributed by atoms with E-state index in [1.54, 1.807) is 6.07 Å². The molecule has 0 saturated heterocycles. The highest BCUT2D eigenvalue weighted by atomic mass is 32.2. The maximum Gasteiger partial charge on any atom is 0.231 e. The van der Waals surface area contributed by atoms with Gasteiger partial charge in [-0.1, -0.05) is 0 Å². The van der Waals surface area contributed by atoms with Crippen LogP contribution in [0.2, 0.25) is 0 Å². The van der Waals surface area contributed by atoms with E-state index in [9.17, 15) is 8.42 Å². The Hall–Kier alpha value is -1.27. The molecule has 5 nitrogen and oxygen atoms in total. The number of fused-ring (bicyclic) bond motifs is 1. The summed E-state index contributed by atoms with van der Waals surface area (Å²) in [6, 6.07) is 4.48. The molecule has 0 aromatic heterocycles. The van der Waals surface area contributed by atoms with Gasteiger partial charge in [0.15, 0.2) is 21.3 Å². The van der Waals surface area contributed by atoms with E-state index in [2.05, 4.69) is 0 Å². The van der Waals surface area contributed by atoms with Gasteiger partial charge in [0.05, 0.1) is 4.90 Å². The second kappa shape index (κ2) is 3.36. The number of hydrogen-bond acceptors (Lipinski definition) is 5. The van der Waals surface area contributed by atoms with Gasteiger partial charge in [-0.3, -0.25) is 0 Å². The molecule has 2 rings (SSSR count). The summed E-state index contributed by atoms with van der Waals surface area (Å²) in [7, 11) is -3.56. The zero-order valence-electron chi connectivity index (χ0n) is 9.06. The van der Waals surface area contributed by atoms with Crippen molar-refractivity contribution in [3.8, 4) is 11.5 Å². The molecule has 0 fully saturated rings. The molecular weight excluding hydrogens is 230 g/mol. The van der Waals surface area contributed by atoms with E-state index >= 15 is 0 Å². The minimum absolute atomic E-state index is 0.116. The highest BCUT2D eigenvalue weighted by Gasteiger charge is 2.32. The normalized spacial score (nSPS) is 15.2. The van der Waals surface area contributed by atoms with Crippen molar-refractivity contribution in [3.63, 3.8) is 0 Å². The molecule has 1 aromatic carbocycles. The Balaban J connectivity index is 2.51. The number of sulfone groups is 1. The Bertz CT molecular complexity index is 516. The smallest absolute Gasteiger partial charge is 0.231 e. The lowest BCUT2D eigenvalue weighted by molar-refractivity contribution is 0.174. The molecule has 0 unspecified atom stereocenters. The predicted molar refractivity (Wildman–Crippen MR) is 58.0 cm³/mol. The largest absolute Gasteiger partial charge is 0.454 e. The van der Waals surface area contributed by atoms with Crippen LogP contribution in [0.25, 0.3) is 0 Å². The first-order chi connectivity index (χ1) is 7.32. The number of hydrogen-bond donors (Lipinski definition) is 1. The van der Waals surface area contributed by atoms with Gasteiger partial charge in [-0.15, -0.1) is 0 Å². The fraction of sp³-hybridized carbons (Fsp3) is 0.400. The standard InChI is InChI=1S/C10H13NO4S/c1-10(2,11)16(12,13)7-3-4-8-9(5-7)15-6-14-8/h3-5H,6,11H2,1-2H3. The Morgan fingerprint density at radius 2 is 1.88 bits per heavy atom. The predicted octanol–water partition coefficient (Wildman–Crippen LogP) is 0.884. The van der Waals surface area contributed by atoms with Gasteiger partial charge in [0.1, 0.15) is 4.87 Å². The summed E-state index contributed by atoms with van der Waals surface area (Å²) in [5.41, 5.74) is 5.63. The SMILES string of the molecule is CC(C)(N)S(=O)(=O)c1ccc2c(c1)OCO2. The number of benzene rings is 1. The van der Waals surface area contributed by atoms with Gasteiger partial charge in [-0.2, -0.15) is 0 Å². The maximum absolute atomic E-state index is 12.0. The molecule has 2 N–H and O–H groups in total. The van der Waals surface area contributed by atoms with Crippen LogP contribution in [0.15, 0.2) is 23.1 Å². The Morgan fingerprint density at radius 3 is 2.50 bits per heavy atom. The van der Waals surface area contributed by atoms with Gasteiger partial charge in [-0.05, 0) is 26.0 Å². The van der Waals surface area contributed by atoms with Gasteiger partial charge in [0, 0.05) is 6.07 Å². The minimum Gasteiger partial charge on any atom is -0.454 e. The van der Waals surface area contributed by atoms with Crippen molar-refractivity contribution in [3.05, 3.63) is 18.2 Å². The lowest BCUT2D eigenvalue weighted by atomic mass is 10.3. The molecule has 1 aliphatic heterocycles.